The third-order valence-corrected chi connectivity index (χ3v) is 2.47. The zero-order valence-electron chi connectivity index (χ0n) is 8.67. The van der Waals surface area contributed by atoms with Crippen LogP contribution in [0.25, 0.3) is 0 Å². The van der Waals surface area contributed by atoms with Crippen molar-refractivity contribution >= 4 is 5.78 Å². The first-order valence-corrected chi connectivity index (χ1v) is 4.62. The minimum absolute atomic E-state index is 0.0630. The minimum Gasteiger partial charge on any atom is -0.294 e. The number of ketones is 1. The molecule has 1 rings (SSSR count). The van der Waals surface area contributed by atoms with Crippen LogP contribution in [0.3, 0.4) is 0 Å². The Balaban J connectivity index is 3.01. The summed E-state index contributed by atoms with van der Waals surface area (Å²) in [5, 5.41) is 0. The van der Waals surface area contributed by atoms with Crippen LogP contribution in [0.4, 0.5) is 4.39 Å². The Bertz CT molecular complexity index is 347. The normalized spacial score (nSPS) is 11.4. The van der Waals surface area contributed by atoms with Gasteiger partial charge >= 0.3 is 0 Å². The molecule has 0 aliphatic carbocycles. The molecule has 0 saturated heterocycles. The van der Waals surface area contributed by atoms with Gasteiger partial charge in [-0.15, -0.1) is 0 Å². The number of nitrogens with zero attached hydrogens (tertiary/aromatic N) is 1. The molecule has 1 aromatic rings. The van der Waals surface area contributed by atoms with Crippen LogP contribution in [0, 0.1) is 11.2 Å². The van der Waals surface area contributed by atoms with Gasteiger partial charge in [0.25, 0.3) is 0 Å². The molecule has 0 bridgehead atoms. The molecule has 76 valence electrons. The first-order valence-electron chi connectivity index (χ1n) is 4.62. The molecule has 0 unspecified atom stereocenters. The Labute approximate surface area is 83.2 Å². The van der Waals surface area contributed by atoms with Gasteiger partial charge in [-0.05, 0) is 12.5 Å². The number of aromatic nitrogens is 1. The molecular formula is C11H14FNO. The van der Waals surface area contributed by atoms with Crippen molar-refractivity contribution < 1.29 is 9.18 Å². The summed E-state index contributed by atoms with van der Waals surface area (Å²) in [4.78, 5) is 15.5. The summed E-state index contributed by atoms with van der Waals surface area (Å²) < 4.78 is 12.8. The van der Waals surface area contributed by atoms with Crippen molar-refractivity contribution in [3.05, 3.63) is 29.8 Å². The predicted molar refractivity (Wildman–Crippen MR) is 52.6 cm³/mol. The lowest BCUT2D eigenvalue weighted by Crippen LogP contribution is -2.23. The lowest BCUT2D eigenvalue weighted by Gasteiger charge is -2.20. The highest BCUT2D eigenvalue weighted by atomic mass is 19.1. The summed E-state index contributed by atoms with van der Waals surface area (Å²) in [6, 6.07) is 1.23. The summed E-state index contributed by atoms with van der Waals surface area (Å²) in [6.07, 6.45) is 3.22. The summed E-state index contributed by atoms with van der Waals surface area (Å²) in [7, 11) is 0. The number of carbonyl (C=O) groups excluding carboxylic acids is 1. The summed E-state index contributed by atoms with van der Waals surface area (Å²) in [5.74, 6) is -0.533. The molecule has 0 spiro atoms. The molecule has 0 aliphatic heterocycles. The van der Waals surface area contributed by atoms with Crippen molar-refractivity contribution in [3.63, 3.8) is 0 Å². The molecule has 0 saturated carbocycles. The minimum atomic E-state index is -0.470. The van der Waals surface area contributed by atoms with E-state index in [2.05, 4.69) is 4.98 Å². The third kappa shape index (κ3) is 2.16. The molecule has 14 heavy (non-hydrogen) atoms. The van der Waals surface area contributed by atoms with Gasteiger partial charge in [-0.1, -0.05) is 20.8 Å². The molecule has 0 N–H and O–H groups in total. The smallest absolute Gasteiger partial charge is 0.170 e. The lowest BCUT2D eigenvalue weighted by atomic mass is 9.82. The highest BCUT2D eigenvalue weighted by Crippen LogP contribution is 2.25. The molecular weight excluding hydrogens is 181 g/mol. The van der Waals surface area contributed by atoms with Crippen LogP contribution in [0.15, 0.2) is 18.5 Å². The zero-order chi connectivity index (χ0) is 10.8. The van der Waals surface area contributed by atoms with Crippen LogP contribution < -0.4 is 0 Å². The highest BCUT2D eigenvalue weighted by molar-refractivity contribution is 5.99. The first-order chi connectivity index (χ1) is 6.47. The Morgan fingerprint density at radius 1 is 1.50 bits per heavy atom. The molecule has 2 nitrogen and oxygen atoms in total. The first kappa shape index (κ1) is 10.8. The Hall–Kier alpha value is -1.25. The molecule has 0 radical (unpaired) electrons. The maximum Gasteiger partial charge on any atom is 0.170 e. The van der Waals surface area contributed by atoms with Crippen LogP contribution >= 0.6 is 0 Å². The second kappa shape index (κ2) is 3.86. The molecule has 1 heterocycles. The van der Waals surface area contributed by atoms with Gasteiger partial charge in [-0.25, -0.2) is 4.39 Å². The highest BCUT2D eigenvalue weighted by Gasteiger charge is 2.26. The fourth-order valence-electron chi connectivity index (χ4n) is 1.09. The van der Waals surface area contributed by atoms with Crippen molar-refractivity contribution in [1.29, 1.82) is 0 Å². The molecule has 0 aromatic carbocycles. The van der Waals surface area contributed by atoms with E-state index in [1.165, 1.54) is 12.3 Å². The molecule has 0 aliphatic rings. The maximum atomic E-state index is 12.8. The fourth-order valence-corrected chi connectivity index (χ4v) is 1.09. The lowest BCUT2D eigenvalue weighted by molar-refractivity contribution is 0.0832. The van der Waals surface area contributed by atoms with Crippen LogP contribution in [0.2, 0.25) is 0 Å². The van der Waals surface area contributed by atoms with Gasteiger partial charge in [0.15, 0.2) is 5.78 Å². The van der Waals surface area contributed by atoms with Crippen LogP contribution in [0.5, 0.6) is 0 Å². The van der Waals surface area contributed by atoms with Gasteiger partial charge in [-0.2, -0.15) is 0 Å². The second-order valence-electron chi connectivity index (χ2n) is 3.96. The Morgan fingerprint density at radius 3 is 2.64 bits per heavy atom. The van der Waals surface area contributed by atoms with Crippen molar-refractivity contribution in [2.75, 3.05) is 0 Å². The van der Waals surface area contributed by atoms with Crippen LogP contribution in [-0.4, -0.2) is 10.8 Å². The van der Waals surface area contributed by atoms with E-state index < -0.39 is 11.2 Å². The Morgan fingerprint density at radius 2 is 2.14 bits per heavy atom. The number of rotatable bonds is 3. The second-order valence-corrected chi connectivity index (χ2v) is 3.96. The SMILES string of the molecule is CCC(C)(C)C(=O)c1cncc(F)c1. The summed E-state index contributed by atoms with van der Waals surface area (Å²) in [6.45, 7) is 5.63. The third-order valence-electron chi connectivity index (χ3n) is 2.47. The van der Waals surface area contributed by atoms with E-state index in [0.717, 1.165) is 12.6 Å². The molecule has 0 amide bonds. The number of halogens is 1. The fraction of sp³-hybridized carbons (Fsp3) is 0.455. The molecule has 0 fully saturated rings. The van der Waals surface area contributed by atoms with E-state index >= 15 is 0 Å². The number of hydrogen-bond donors (Lipinski definition) is 0. The van der Waals surface area contributed by atoms with E-state index in [1.54, 1.807) is 0 Å². The van der Waals surface area contributed by atoms with Crippen molar-refractivity contribution in [1.82, 2.24) is 4.98 Å². The monoisotopic (exact) mass is 195 g/mol. The number of pyridine rings is 1. The van der Waals surface area contributed by atoms with E-state index in [-0.39, 0.29) is 5.78 Å². The largest absolute Gasteiger partial charge is 0.294 e. The van der Waals surface area contributed by atoms with Gasteiger partial charge in [-0.3, -0.25) is 9.78 Å². The van der Waals surface area contributed by atoms with Crippen molar-refractivity contribution in [3.8, 4) is 0 Å². The standard InChI is InChI=1S/C11H14FNO/c1-4-11(2,3)10(14)8-5-9(12)7-13-6-8/h5-7H,4H2,1-3H3. The van der Waals surface area contributed by atoms with E-state index in [4.69, 9.17) is 0 Å². The quantitative estimate of drug-likeness (QED) is 0.694. The van der Waals surface area contributed by atoms with E-state index in [9.17, 15) is 9.18 Å². The van der Waals surface area contributed by atoms with Gasteiger partial charge in [0.1, 0.15) is 5.82 Å². The van der Waals surface area contributed by atoms with E-state index in [0.29, 0.717) is 5.56 Å². The van der Waals surface area contributed by atoms with Crippen molar-refractivity contribution in [2.24, 2.45) is 5.41 Å². The van der Waals surface area contributed by atoms with E-state index in [1.807, 2.05) is 20.8 Å². The summed E-state index contributed by atoms with van der Waals surface area (Å²) >= 11 is 0. The number of Topliss-reactive ketones (excluding diaryl/α,β-unsaturated/α-hetero) is 1. The maximum absolute atomic E-state index is 12.8. The van der Waals surface area contributed by atoms with Gasteiger partial charge in [0, 0.05) is 17.2 Å². The van der Waals surface area contributed by atoms with Gasteiger partial charge in [0.05, 0.1) is 6.20 Å². The van der Waals surface area contributed by atoms with Gasteiger partial charge in [0.2, 0.25) is 0 Å². The van der Waals surface area contributed by atoms with Crippen LogP contribution in [-0.2, 0) is 0 Å². The molecule has 1 aromatic heterocycles. The average Bonchev–Trinajstić information content (AvgIpc) is 2.16. The number of hydrogen-bond acceptors (Lipinski definition) is 2. The topological polar surface area (TPSA) is 30.0 Å². The Kier molecular flexibility index (Phi) is 2.99. The number of carbonyl (C=O) groups is 1. The predicted octanol–water partition coefficient (Wildman–Crippen LogP) is 2.84. The van der Waals surface area contributed by atoms with Crippen molar-refractivity contribution in [2.45, 2.75) is 27.2 Å². The van der Waals surface area contributed by atoms with Gasteiger partial charge < -0.3 is 0 Å². The van der Waals surface area contributed by atoms with Crippen LogP contribution in [0.1, 0.15) is 37.6 Å². The zero-order valence-corrected chi connectivity index (χ0v) is 8.67. The average molecular weight is 195 g/mol. The molecule has 3 heteroatoms. The summed E-state index contributed by atoms with van der Waals surface area (Å²) in [5.41, 5.74) is -0.105. The molecule has 0 atom stereocenters.